The number of nitrogens with one attached hydrogen (secondary N) is 1. The molecular weight excluding hydrogens is 262 g/mol. The fourth-order valence-corrected chi connectivity index (χ4v) is 3.09. The number of rotatable bonds is 5. The fraction of sp³-hybridized carbons (Fsp3) is 0.750. The second-order valence-electron chi connectivity index (χ2n) is 6.08. The number of aromatic nitrogens is 2. The minimum absolute atomic E-state index is 0.877. The summed E-state index contributed by atoms with van der Waals surface area (Å²) in [6, 6.07) is 0.877. The van der Waals surface area contributed by atoms with E-state index in [0.717, 1.165) is 49.6 Å². The first-order chi connectivity index (χ1) is 10.2. The van der Waals surface area contributed by atoms with Crippen LogP contribution < -0.4 is 10.2 Å². The van der Waals surface area contributed by atoms with Crippen molar-refractivity contribution in [2.75, 3.05) is 42.9 Å². The quantitative estimate of drug-likeness (QED) is 0.899. The van der Waals surface area contributed by atoms with Gasteiger partial charge in [0, 0.05) is 50.7 Å². The van der Waals surface area contributed by atoms with Gasteiger partial charge in [0.05, 0.1) is 0 Å². The molecule has 1 aliphatic heterocycles. The molecule has 0 radical (unpaired) electrons. The van der Waals surface area contributed by atoms with E-state index < -0.39 is 0 Å². The summed E-state index contributed by atoms with van der Waals surface area (Å²) in [5.74, 6) is 3.08. The predicted molar refractivity (Wildman–Crippen MR) is 87.1 cm³/mol. The van der Waals surface area contributed by atoms with Gasteiger partial charge in [-0.15, -0.1) is 0 Å². The van der Waals surface area contributed by atoms with E-state index in [1.807, 2.05) is 0 Å². The summed E-state index contributed by atoms with van der Waals surface area (Å²) < 4.78 is 0. The van der Waals surface area contributed by atoms with Crippen molar-refractivity contribution < 1.29 is 0 Å². The molecule has 1 saturated carbocycles. The van der Waals surface area contributed by atoms with Gasteiger partial charge in [-0.05, 0) is 26.7 Å². The van der Waals surface area contributed by atoms with E-state index in [1.54, 1.807) is 0 Å². The molecule has 21 heavy (non-hydrogen) atoms. The topological polar surface area (TPSA) is 44.3 Å². The first-order valence-electron chi connectivity index (χ1n) is 8.33. The third-order valence-corrected chi connectivity index (χ3v) is 4.50. The zero-order valence-electron chi connectivity index (χ0n) is 13.5. The van der Waals surface area contributed by atoms with E-state index in [-0.39, 0.29) is 0 Å². The zero-order valence-corrected chi connectivity index (χ0v) is 13.5. The van der Waals surface area contributed by atoms with Gasteiger partial charge in [0.2, 0.25) is 0 Å². The maximum atomic E-state index is 4.80. The zero-order chi connectivity index (χ0) is 14.8. The monoisotopic (exact) mass is 289 g/mol. The van der Waals surface area contributed by atoms with E-state index in [4.69, 9.17) is 4.98 Å². The van der Waals surface area contributed by atoms with Crippen molar-refractivity contribution in [3.05, 3.63) is 11.4 Å². The van der Waals surface area contributed by atoms with E-state index in [9.17, 15) is 0 Å². The second kappa shape index (κ2) is 6.18. The molecule has 2 aliphatic rings. The van der Waals surface area contributed by atoms with Crippen LogP contribution in [0.5, 0.6) is 0 Å². The summed E-state index contributed by atoms with van der Waals surface area (Å²) in [5.41, 5.74) is 1.19. The maximum absolute atomic E-state index is 4.80. The molecule has 0 bridgehead atoms. The summed E-state index contributed by atoms with van der Waals surface area (Å²) in [7, 11) is 0. The Kier molecular flexibility index (Phi) is 4.29. The van der Waals surface area contributed by atoms with Crippen molar-refractivity contribution in [2.24, 2.45) is 0 Å². The summed E-state index contributed by atoms with van der Waals surface area (Å²) in [6.07, 6.45) is 3.68. The van der Waals surface area contributed by atoms with Crippen molar-refractivity contribution in [3.8, 4) is 0 Å². The molecule has 1 aromatic heterocycles. The Morgan fingerprint density at radius 3 is 2.38 bits per heavy atom. The lowest BCUT2D eigenvalue weighted by atomic mass is 10.2. The van der Waals surface area contributed by atoms with Crippen LogP contribution in [0.25, 0.3) is 0 Å². The minimum Gasteiger partial charge on any atom is -0.370 e. The Hall–Kier alpha value is -1.36. The highest BCUT2D eigenvalue weighted by atomic mass is 15.3. The molecule has 5 nitrogen and oxygen atoms in total. The van der Waals surface area contributed by atoms with Gasteiger partial charge < -0.3 is 10.2 Å². The van der Waals surface area contributed by atoms with Gasteiger partial charge in [-0.2, -0.15) is 0 Å². The number of piperazine rings is 1. The molecule has 1 saturated heterocycles. The lowest BCUT2D eigenvalue weighted by Gasteiger charge is -2.36. The van der Waals surface area contributed by atoms with E-state index >= 15 is 0 Å². The van der Waals surface area contributed by atoms with Crippen molar-refractivity contribution in [3.63, 3.8) is 0 Å². The third-order valence-electron chi connectivity index (χ3n) is 4.50. The Morgan fingerprint density at radius 1 is 1.10 bits per heavy atom. The molecule has 0 spiro atoms. The van der Waals surface area contributed by atoms with Crippen LogP contribution in [0.15, 0.2) is 0 Å². The maximum Gasteiger partial charge on any atom is 0.137 e. The highest BCUT2D eigenvalue weighted by Crippen LogP contribution is 2.30. The summed E-state index contributed by atoms with van der Waals surface area (Å²) in [6.45, 7) is 11.8. The van der Waals surface area contributed by atoms with Crippen molar-refractivity contribution >= 4 is 11.6 Å². The van der Waals surface area contributed by atoms with Crippen LogP contribution in [0.3, 0.4) is 0 Å². The molecule has 0 atom stereocenters. The van der Waals surface area contributed by atoms with Gasteiger partial charge >= 0.3 is 0 Å². The molecular formula is C16H27N5. The first-order valence-corrected chi connectivity index (χ1v) is 8.33. The normalized spacial score (nSPS) is 19.9. The lowest BCUT2D eigenvalue weighted by molar-refractivity contribution is 0.247. The van der Waals surface area contributed by atoms with E-state index in [1.165, 1.54) is 31.5 Å². The van der Waals surface area contributed by atoms with Crippen molar-refractivity contribution in [1.29, 1.82) is 0 Å². The van der Waals surface area contributed by atoms with Gasteiger partial charge in [-0.3, -0.25) is 4.90 Å². The highest BCUT2D eigenvalue weighted by Gasteiger charge is 2.32. The lowest BCUT2D eigenvalue weighted by Crippen LogP contribution is -2.47. The standard InChI is InChI=1S/C16H27N5/c1-4-14-18-15(17-5-2)12(3)16(19-14)21-10-8-20(9-11-21)13-6-7-13/h13H,4-11H2,1-3H3,(H,17,18,19). The summed E-state index contributed by atoms with van der Waals surface area (Å²) >= 11 is 0. The minimum atomic E-state index is 0.877. The molecule has 116 valence electrons. The number of aryl methyl sites for hydroxylation is 1. The number of hydrogen-bond donors (Lipinski definition) is 1. The summed E-state index contributed by atoms with van der Waals surface area (Å²) in [4.78, 5) is 14.5. The largest absolute Gasteiger partial charge is 0.370 e. The van der Waals surface area contributed by atoms with E-state index in [2.05, 4.69) is 40.9 Å². The van der Waals surface area contributed by atoms with Gasteiger partial charge in [-0.25, -0.2) is 9.97 Å². The average Bonchev–Trinajstić information content (AvgIpc) is 3.34. The first kappa shape index (κ1) is 14.6. The highest BCUT2D eigenvalue weighted by molar-refractivity contribution is 5.59. The van der Waals surface area contributed by atoms with Crippen molar-refractivity contribution in [1.82, 2.24) is 14.9 Å². The van der Waals surface area contributed by atoms with Crippen molar-refractivity contribution in [2.45, 2.75) is 46.1 Å². The molecule has 3 rings (SSSR count). The molecule has 1 aromatic rings. The third kappa shape index (κ3) is 3.12. The SMILES string of the molecule is CCNc1nc(CC)nc(N2CCN(C3CC3)CC2)c1C. The average molecular weight is 289 g/mol. The van der Waals surface area contributed by atoms with Gasteiger partial charge in [0.25, 0.3) is 0 Å². The Balaban J connectivity index is 1.78. The molecule has 1 N–H and O–H groups in total. The van der Waals surface area contributed by atoms with Crippen LogP contribution in [0, 0.1) is 6.92 Å². The van der Waals surface area contributed by atoms with Crippen LogP contribution >= 0.6 is 0 Å². The smallest absolute Gasteiger partial charge is 0.137 e. The number of hydrogen-bond acceptors (Lipinski definition) is 5. The van der Waals surface area contributed by atoms with Gasteiger partial charge in [0.15, 0.2) is 0 Å². The van der Waals surface area contributed by atoms with Crippen LogP contribution in [0.2, 0.25) is 0 Å². The Morgan fingerprint density at radius 2 is 1.81 bits per heavy atom. The predicted octanol–water partition coefficient (Wildman–Crippen LogP) is 2.06. The van der Waals surface area contributed by atoms with Crippen LogP contribution in [-0.2, 0) is 6.42 Å². The molecule has 2 fully saturated rings. The Labute approximate surface area is 127 Å². The fourth-order valence-electron chi connectivity index (χ4n) is 3.09. The Bertz CT molecular complexity index is 490. The van der Waals surface area contributed by atoms with Crippen LogP contribution in [-0.4, -0.2) is 53.6 Å². The molecule has 1 aliphatic carbocycles. The molecule has 2 heterocycles. The van der Waals surface area contributed by atoms with Gasteiger partial charge in [-0.1, -0.05) is 6.92 Å². The van der Waals surface area contributed by atoms with Gasteiger partial charge in [0.1, 0.15) is 17.5 Å². The van der Waals surface area contributed by atoms with Crippen LogP contribution in [0.4, 0.5) is 11.6 Å². The number of anilines is 2. The molecule has 0 amide bonds. The summed E-state index contributed by atoms with van der Waals surface area (Å²) in [5, 5.41) is 3.38. The number of nitrogens with zero attached hydrogens (tertiary/aromatic N) is 4. The molecule has 0 aromatic carbocycles. The van der Waals surface area contributed by atoms with E-state index in [0.29, 0.717) is 0 Å². The second-order valence-corrected chi connectivity index (χ2v) is 6.08. The van der Waals surface area contributed by atoms with Crippen LogP contribution in [0.1, 0.15) is 38.1 Å². The molecule has 0 unspecified atom stereocenters. The molecule has 5 heteroatoms.